The highest BCUT2D eigenvalue weighted by Crippen LogP contribution is 2.20. The minimum Gasteiger partial charge on any atom is -0.480 e. The summed E-state index contributed by atoms with van der Waals surface area (Å²) in [7, 11) is 0. The fraction of sp³-hybridized carbons (Fsp3) is 0.560. The van der Waals surface area contributed by atoms with Gasteiger partial charge in [-0.25, -0.2) is 9.59 Å². The zero-order chi connectivity index (χ0) is 27.2. The molecule has 0 spiro atoms. The van der Waals surface area contributed by atoms with E-state index in [4.69, 9.17) is 16.2 Å². The van der Waals surface area contributed by atoms with E-state index in [1.165, 1.54) is 4.90 Å². The number of carboxylic acid groups (broad SMARTS) is 1. The van der Waals surface area contributed by atoms with Crippen LogP contribution in [0.4, 0.5) is 4.79 Å². The highest BCUT2D eigenvalue weighted by Gasteiger charge is 2.39. The van der Waals surface area contributed by atoms with Crippen LogP contribution in [0.2, 0.25) is 0 Å². The maximum atomic E-state index is 13.5. The molecule has 204 valence electrons. The first kappa shape index (κ1) is 29.4. The molecule has 3 amide bonds. The number of guanidine groups is 1. The number of ether oxygens (including phenoxy) is 1. The fourth-order valence-electron chi connectivity index (χ4n) is 4.08. The maximum absolute atomic E-state index is 13.5. The van der Waals surface area contributed by atoms with Crippen molar-refractivity contribution in [1.82, 2.24) is 15.5 Å². The van der Waals surface area contributed by atoms with Gasteiger partial charge in [-0.05, 0) is 37.7 Å². The lowest BCUT2D eigenvalue weighted by Crippen LogP contribution is -2.55. The normalized spacial score (nSPS) is 16.4. The van der Waals surface area contributed by atoms with Crippen LogP contribution in [-0.2, 0) is 25.5 Å². The van der Waals surface area contributed by atoms with Crippen LogP contribution in [0.3, 0.4) is 0 Å². The SMILES string of the molecule is CCCCOC(=O)N[C@@H](Cc1ccccc1)C(=O)N1CCC[C@H]1C(=O)N[C@@H](CCCN=C(N)N)C(=O)O. The van der Waals surface area contributed by atoms with Crippen LogP contribution in [0.5, 0.6) is 0 Å². The first-order valence-electron chi connectivity index (χ1n) is 12.6. The van der Waals surface area contributed by atoms with E-state index in [0.29, 0.717) is 32.2 Å². The molecule has 0 unspecified atom stereocenters. The van der Waals surface area contributed by atoms with Gasteiger partial charge in [-0.15, -0.1) is 0 Å². The third-order valence-electron chi connectivity index (χ3n) is 6.00. The summed E-state index contributed by atoms with van der Waals surface area (Å²) in [5.41, 5.74) is 11.4. The maximum Gasteiger partial charge on any atom is 0.407 e. The number of amides is 3. The number of carbonyl (C=O) groups excluding carboxylic acids is 3. The van der Waals surface area contributed by atoms with Gasteiger partial charge < -0.3 is 36.8 Å². The average molecular weight is 519 g/mol. The van der Waals surface area contributed by atoms with Crippen molar-refractivity contribution in [2.75, 3.05) is 19.7 Å². The molecule has 0 bridgehead atoms. The van der Waals surface area contributed by atoms with Gasteiger partial charge in [-0.1, -0.05) is 43.7 Å². The standard InChI is InChI=1S/C25H38N6O6/c1-2-3-15-37-25(36)30-19(16-17-9-5-4-6-10-17)22(33)31-14-8-12-20(31)21(32)29-18(23(34)35)11-7-13-28-24(26)27/h4-6,9-10,18-20H,2-3,7-8,11-16H2,1H3,(H,29,32)(H,30,36)(H,34,35)(H4,26,27,28)/t18-,19-,20-/m0/s1. The molecule has 12 nitrogen and oxygen atoms in total. The second-order valence-corrected chi connectivity index (χ2v) is 8.91. The summed E-state index contributed by atoms with van der Waals surface area (Å²) in [5.74, 6) is -2.26. The lowest BCUT2D eigenvalue weighted by Gasteiger charge is -2.29. The second kappa shape index (κ2) is 15.3. The molecular formula is C25H38N6O6. The Kier molecular flexibility index (Phi) is 12.2. The largest absolute Gasteiger partial charge is 0.480 e. The van der Waals surface area contributed by atoms with E-state index in [9.17, 15) is 24.3 Å². The van der Waals surface area contributed by atoms with Crippen LogP contribution in [0.25, 0.3) is 0 Å². The Labute approximate surface area is 216 Å². The molecule has 7 N–H and O–H groups in total. The van der Waals surface area contributed by atoms with Crippen LogP contribution in [-0.4, -0.2) is 77.7 Å². The molecule has 0 saturated carbocycles. The number of unbranched alkanes of at least 4 members (excludes halogenated alkanes) is 1. The Bertz CT molecular complexity index is 937. The summed E-state index contributed by atoms with van der Waals surface area (Å²) in [5, 5.41) is 14.7. The van der Waals surface area contributed by atoms with Gasteiger partial charge in [-0.3, -0.25) is 14.6 Å². The molecule has 2 rings (SSSR count). The molecule has 0 aliphatic carbocycles. The third-order valence-corrected chi connectivity index (χ3v) is 6.00. The summed E-state index contributed by atoms with van der Waals surface area (Å²) in [4.78, 5) is 55.9. The van der Waals surface area contributed by atoms with Crippen molar-refractivity contribution in [3.05, 3.63) is 35.9 Å². The Hall–Kier alpha value is -3.83. The van der Waals surface area contributed by atoms with Crippen LogP contribution in [0, 0.1) is 0 Å². The number of benzene rings is 1. The first-order valence-corrected chi connectivity index (χ1v) is 12.6. The highest BCUT2D eigenvalue weighted by atomic mass is 16.5. The first-order chi connectivity index (χ1) is 17.7. The molecule has 1 heterocycles. The Morgan fingerprint density at radius 3 is 2.51 bits per heavy atom. The molecule has 1 aromatic carbocycles. The van der Waals surface area contributed by atoms with Gasteiger partial charge in [0.05, 0.1) is 6.61 Å². The highest BCUT2D eigenvalue weighted by molar-refractivity contribution is 5.93. The number of nitrogens with one attached hydrogen (secondary N) is 2. The number of nitrogens with zero attached hydrogens (tertiary/aromatic N) is 2. The van der Waals surface area contributed by atoms with Gasteiger partial charge in [0.1, 0.15) is 18.1 Å². The predicted octanol–water partition coefficient (Wildman–Crippen LogP) is 0.738. The fourth-order valence-corrected chi connectivity index (χ4v) is 4.08. The van der Waals surface area contributed by atoms with E-state index in [1.807, 2.05) is 37.3 Å². The summed E-state index contributed by atoms with van der Waals surface area (Å²) < 4.78 is 5.19. The van der Waals surface area contributed by atoms with E-state index in [-0.39, 0.29) is 32.0 Å². The second-order valence-electron chi connectivity index (χ2n) is 8.91. The quantitative estimate of drug-likeness (QED) is 0.135. The monoisotopic (exact) mass is 518 g/mol. The molecule has 0 aromatic heterocycles. The number of rotatable bonds is 14. The zero-order valence-electron chi connectivity index (χ0n) is 21.2. The molecule has 1 aliphatic rings. The van der Waals surface area contributed by atoms with Crippen LogP contribution < -0.4 is 22.1 Å². The number of nitrogens with two attached hydrogens (primary N) is 2. The number of hydrogen-bond donors (Lipinski definition) is 5. The van der Waals surface area contributed by atoms with E-state index in [2.05, 4.69) is 15.6 Å². The van der Waals surface area contributed by atoms with Crippen molar-refractivity contribution in [2.24, 2.45) is 16.5 Å². The Balaban J connectivity index is 2.10. The molecular weight excluding hydrogens is 480 g/mol. The van der Waals surface area contributed by atoms with Gasteiger partial charge in [0.25, 0.3) is 0 Å². The van der Waals surface area contributed by atoms with Crippen LogP contribution >= 0.6 is 0 Å². The zero-order valence-corrected chi connectivity index (χ0v) is 21.2. The number of alkyl carbamates (subject to hydrolysis) is 1. The van der Waals surface area contributed by atoms with Gasteiger partial charge in [-0.2, -0.15) is 0 Å². The molecule has 1 aromatic rings. The van der Waals surface area contributed by atoms with Gasteiger partial charge in [0.2, 0.25) is 11.8 Å². The minimum absolute atomic E-state index is 0.0936. The van der Waals surface area contributed by atoms with Crippen LogP contribution in [0.1, 0.15) is 51.0 Å². The van der Waals surface area contributed by atoms with E-state index in [1.54, 1.807) is 0 Å². The summed E-state index contributed by atoms with van der Waals surface area (Å²) in [6.07, 6.45) is 2.52. The predicted molar refractivity (Wildman–Crippen MR) is 138 cm³/mol. The van der Waals surface area contributed by atoms with Gasteiger partial charge in [0.15, 0.2) is 5.96 Å². The van der Waals surface area contributed by atoms with Crippen molar-refractivity contribution < 1.29 is 29.0 Å². The molecule has 1 saturated heterocycles. The van der Waals surface area contributed by atoms with E-state index >= 15 is 0 Å². The van der Waals surface area contributed by atoms with Gasteiger partial charge >= 0.3 is 12.1 Å². The lowest BCUT2D eigenvalue weighted by molar-refractivity contribution is -0.144. The van der Waals surface area contributed by atoms with Crippen LogP contribution in [0.15, 0.2) is 35.3 Å². The number of likely N-dealkylation sites (tertiary alicyclic amines) is 1. The number of carbonyl (C=O) groups is 4. The number of hydrogen-bond acceptors (Lipinski definition) is 6. The smallest absolute Gasteiger partial charge is 0.407 e. The van der Waals surface area contributed by atoms with Crippen molar-refractivity contribution in [1.29, 1.82) is 0 Å². The van der Waals surface area contributed by atoms with Gasteiger partial charge in [0, 0.05) is 19.5 Å². The molecule has 0 radical (unpaired) electrons. The Morgan fingerprint density at radius 2 is 1.86 bits per heavy atom. The topological polar surface area (TPSA) is 189 Å². The molecule has 1 aliphatic heterocycles. The third kappa shape index (κ3) is 9.98. The Morgan fingerprint density at radius 1 is 1.14 bits per heavy atom. The van der Waals surface area contributed by atoms with Crippen molar-refractivity contribution in [3.8, 4) is 0 Å². The van der Waals surface area contributed by atoms with E-state index < -0.39 is 42.0 Å². The molecule has 3 atom stereocenters. The number of aliphatic imine (C=N–C) groups is 1. The summed E-state index contributed by atoms with van der Waals surface area (Å²) in [6.45, 7) is 2.76. The van der Waals surface area contributed by atoms with E-state index in [0.717, 1.165) is 12.0 Å². The average Bonchev–Trinajstić information content (AvgIpc) is 3.35. The molecule has 12 heteroatoms. The summed E-state index contributed by atoms with van der Waals surface area (Å²) in [6, 6.07) is 6.28. The van der Waals surface area contributed by atoms with Crippen molar-refractivity contribution in [3.63, 3.8) is 0 Å². The molecule has 37 heavy (non-hydrogen) atoms. The molecule has 1 fully saturated rings. The lowest BCUT2D eigenvalue weighted by atomic mass is 10.0. The minimum atomic E-state index is -1.19. The van der Waals surface area contributed by atoms with Crippen molar-refractivity contribution >= 4 is 29.8 Å². The number of carboxylic acids is 1. The number of aliphatic carboxylic acids is 1. The van der Waals surface area contributed by atoms with Crippen molar-refractivity contribution in [2.45, 2.75) is 70.0 Å². The summed E-state index contributed by atoms with van der Waals surface area (Å²) >= 11 is 0.